The average Bonchev–Trinajstić information content (AvgIpc) is 2.48. The van der Waals surface area contributed by atoms with Crippen molar-refractivity contribution in [2.75, 3.05) is 0 Å². The lowest BCUT2D eigenvalue weighted by molar-refractivity contribution is 0.157. The lowest BCUT2D eigenvalue weighted by atomic mass is 10.1. The molecule has 0 aromatic heterocycles. The Morgan fingerprint density at radius 2 is 1.74 bits per heavy atom. The van der Waals surface area contributed by atoms with Gasteiger partial charge in [-0.25, -0.2) is 0 Å². The average molecular weight is 410 g/mol. The van der Waals surface area contributed by atoms with Gasteiger partial charge in [-0.15, -0.1) is 0 Å². The molecular formula is C15H12Cl3O3PS. The molecule has 0 radical (unpaired) electrons. The van der Waals surface area contributed by atoms with Crippen LogP contribution in [-0.4, -0.2) is 3.79 Å². The highest BCUT2D eigenvalue weighted by molar-refractivity contribution is 8.36. The van der Waals surface area contributed by atoms with Crippen molar-refractivity contribution in [2.24, 2.45) is 0 Å². The summed E-state index contributed by atoms with van der Waals surface area (Å²) in [5.74, 6) is 1.09. The third kappa shape index (κ3) is 3.84. The van der Waals surface area contributed by atoms with Gasteiger partial charge in [-0.3, -0.25) is 0 Å². The van der Waals surface area contributed by atoms with Gasteiger partial charge in [0, 0.05) is 5.56 Å². The molecule has 0 saturated heterocycles. The number of benzene rings is 2. The molecule has 2 aromatic rings. The van der Waals surface area contributed by atoms with E-state index in [2.05, 4.69) is 0 Å². The predicted octanol–water partition coefficient (Wildman–Crippen LogP) is 6.12. The van der Waals surface area contributed by atoms with Crippen molar-refractivity contribution in [1.82, 2.24) is 0 Å². The molecule has 122 valence electrons. The molecule has 2 atom stereocenters. The normalized spacial score (nSPS) is 23.8. The first-order valence-corrected chi connectivity index (χ1v) is 10.4. The second-order valence-corrected chi connectivity index (χ2v) is 10.1. The zero-order valence-electron chi connectivity index (χ0n) is 11.9. The van der Waals surface area contributed by atoms with Crippen molar-refractivity contribution in [2.45, 2.75) is 16.8 Å². The van der Waals surface area contributed by atoms with E-state index in [9.17, 15) is 0 Å². The molecule has 8 heteroatoms. The van der Waals surface area contributed by atoms with Gasteiger partial charge in [0.1, 0.15) is 0 Å². The van der Waals surface area contributed by atoms with Crippen LogP contribution < -0.4 is 9.05 Å². The molecule has 1 aliphatic rings. The summed E-state index contributed by atoms with van der Waals surface area (Å²) >= 11 is 23.7. The fraction of sp³-hybridized carbons (Fsp3) is 0.200. The standard InChI is InChI=1S/C15H12Cl3O3PS/c1-10-6-2-4-8-12(10)19-22(23)20-13-9-5-3-7-11(13)14(21-22)15(16,17)18/h2-9,14H,1H3. The van der Waals surface area contributed by atoms with Gasteiger partial charge in [-0.1, -0.05) is 71.2 Å². The highest BCUT2D eigenvalue weighted by Crippen LogP contribution is 2.68. The van der Waals surface area contributed by atoms with Crippen molar-refractivity contribution >= 4 is 54.2 Å². The largest absolute Gasteiger partial charge is 0.439 e. The topological polar surface area (TPSA) is 27.7 Å². The lowest BCUT2D eigenvalue weighted by Gasteiger charge is -2.37. The molecule has 0 spiro atoms. The summed E-state index contributed by atoms with van der Waals surface area (Å²) in [6, 6.07) is 14.6. The van der Waals surface area contributed by atoms with Gasteiger partial charge in [-0.05, 0) is 24.6 Å². The van der Waals surface area contributed by atoms with Crippen molar-refractivity contribution in [3.05, 3.63) is 59.7 Å². The molecular weight excluding hydrogens is 398 g/mol. The Morgan fingerprint density at radius 3 is 2.43 bits per heavy atom. The van der Waals surface area contributed by atoms with Crippen LogP contribution in [0, 0.1) is 6.92 Å². The van der Waals surface area contributed by atoms with Crippen LogP contribution in [0.25, 0.3) is 0 Å². The zero-order valence-corrected chi connectivity index (χ0v) is 15.9. The van der Waals surface area contributed by atoms with Gasteiger partial charge < -0.3 is 21.3 Å². The number of hydrogen-bond acceptors (Lipinski definition) is 4. The summed E-state index contributed by atoms with van der Waals surface area (Å²) in [6.45, 7) is 1.90. The summed E-state index contributed by atoms with van der Waals surface area (Å²) in [4.78, 5) is 0. The third-order valence-corrected chi connectivity index (χ3v) is 5.86. The van der Waals surface area contributed by atoms with E-state index in [1.165, 1.54) is 0 Å². The fourth-order valence-corrected chi connectivity index (χ4v) is 5.08. The second kappa shape index (κ2) is 6.51. The Morgan fingerprint density at radius 1 is 1.09 bits per heavy atom. The monoisotopic (exact) mass is 408 g/mol. The Kier molecular flexibility index (Phi) is 4.95. The maximum Gasteiger partial charge on any atom is 0.382 e. The van der Waals surface area contributed by atoms with E-state index >= 15 is 0 Å². The second-order valence-electron chi connectivity index (χ2n) is 4.96. The minimum absolute atomic E-state index is 0.506. The minimum Gasteiger partial charge on any atom is -0.439 e. The van der Waals surface area contributed by atoms with Crippen LogP contribution in [-0.2, 0) is 16.8 Å². The molecule has 1 aliphatic heterocycles. The number of alkyl halides is 3. The number of hydrogen-bond donors (Lipinski definition) is 0. The summed E-state index contributed by atoms with van der Waals surface area (Å²) < 4.78 is 15.8. The molecule has 0 amide bonds. The maximum atomic E-state index is 6.07. The van der Waals surface area contributed by atoms with E-state index < -0.39 is 17.0 Å². The van der Waals surface area contributed by atoms with Gasteiger partial charge in [-0.2, -0.15) is 4.52 Å². The fourth-order valence-electron chi connectivity index (χ4n) is 2.16. The van der Waals surface area contributed by atoms with Gasteiger partial charge in [0.2, 0.25) is 3.79 Å². The SMILES string of the molecule is Cc1ccccc1O[P+]1([S-])Oc2ccccc2C(C(Cl)(Cl)Cl)O1. The van der Waals surface area contributed by atoms with E-state index in [0.717, 1.165) is 5.56 Å². The van der Waals surface area contributed by atoms with Crippen molar-refractivity contribution in [3.63, 3.8) is 0 Å². The highest BCUT2D eigenvalue weighted by Gasteiger charge is 2.51. The summed E-state index contributed by atoms with van der Waals surface area (Å²) in [6.07, 6.45) is -0.868. The first-order chi connectivity index (χ1) is 10.8. The van der Waals surface area contributed by atoms with Gasteiger partial charge in [0.25, 0.3) is 0 Å². The molecule has 0 N–H and O–H groups in total. The molecule has 3 rings (SSSR count). The Balaban J connectivity index is 1.97. The van der Waals surface area contributed by atoms with E-state index in [1.54, 1.807) is 18.2 Å². The van der Waals surface area contributed by atoms with Crippen LogP contribution >= 0.6 is 41.9 Å². The number of fused-ring (bicyclic) bond motifs is 1. The summed E-state index contributed by atoms with van der Waals surface area (Å²) in [5.41, 5.74) is 1.54. The molecule has 1 heterocycles. The molecule has 2 aromatic carbocycles. The molecule has 2 unspecified atom stereocenters. The highest BCUT2D eigenvalue weighted by atomic mass is 35.6. The van der Waals surface area contributed by atoms with Crippen LogP contribution in [0.15, 0.2) is 48.5 Å². The van der Waals surface area contributed by atoms with Crippen molar-refractivity contribution < 1.29 is 13.6 Å². The molecule has 0 fully saturated rings. The molecule has 0 saturated carbocycles. The third-order valence-electron chi connectivity index (χ3n) is 3.25. The lowest BCUT2D eigenvalue weighted by Crippen LogP contribution is -2.27. The minimum atomic E-state index is -3.17. The summed E-state index contributed by atoms with van der Waals surface area (Å²) in [7, 11) is -3.17. The number of aryl methyl sites for hydroxylation is 1. The van der Waals surface area contributed by atoms with Gasteiger partial charge in [0.15, 0.2) is 17.6 Å². The maximum absolute atomic E-state index is 6.07. The van der Waals surface area contributed by atoms with Crippen molar-refractivity contribution in [1.29, 1.82) is 0 Å². The van der Waals surface area contributed by atoms with E-state index in [-0.39, 0.29) is 0 Å². The Labute approximate surface area is 155 Å². The molecule has 3 nitrogen and oxygen atoms in total. The summed E-state index contributed by atoms with van der Waals surface area (Å²) in [5, 5.41) is 0. The van der Waals surface area contributed by atoms with Crippen molar-refractivity contribution in [3.8, 4) is 11.5 Å². The van der Waals surface area contributed by atoms with Crippen LogP contribution in [0.4, 0.5) is 0 Å². The van der Waals surface area contributed by atoms with E-state index in [0.29, 0.717) is 17.1 Å². The van der Waals surface area contributed by atoms with Crippen LogP contribution in [0.5, 0.6) is 11.5 Å². The zero-order chi connectivity index (χ0) is 16.7. The van der Waals surface area contributed by atoms with Gasteiger partial charge >= 0.3 is 7.15 Å². The van der Waals surface area contributed by atoms with Gasteiger partial charge in [0.05, 0.1) is 0 Å². The molecule has 23 heavy (non-hydrogen) atoms. The number of rotatable bonds is 2. The smallest absolute Gasteiger partial charge is 0.382 e. The Hall–Kier alpha value is -0.350. The quantitative estimate of drug-likeness (QED) is 0.339. The first kappa shape index (κ1) is 17.5. The first-order valence-electron chi connectivity index (χ1n) is 6.67. The number of para-hydroxylation sites is 2. The van der Waals surface area contributed by atoms with Crippen LogP contribution in [0.3, 0.4) is 0 Å². The van der Waals surface area contributed by atoms with Crippen LogP contribution in [0.1, 0.15) is 17.2 Å². The number of halogens is 3. The molecule has 0 bridgehead atoms. The van der Waals surface area contributed by atoms with Crippen LogP contribution in [0.2, 0.25) is 0 Å². The Bertz CT molecular complexity index is 725. The predicted molar refractivity (Wildman–Crippen MR) is 97.3 cm³/mol. The molecule has 0 aliphatic carbocycles. The van der Waals surface area contributed by atoms with E-state index in [1.807, 2.05) is 37.3 Å². The van der Waals surface area contributed by atoms with E-state index in [4.69, 9.17) is 60.6 Å².